The first kappa shape index (κ1) is 15.3. The van der Waals surface area contributed by atoms with Crippen LogP contribution in [0.3, 0.4) is 0 Å². The fraction of sp³-hybridized carbons (Fsp3) is 0.500. The zero-order chi connectivity index (χ0) is 15.0. The number of piperidine rings is 1. The molecule has 1 aliphatic rings. The first-order valence-electron chi connectivity index (χ1n) is 5.83. The van der Waals surface area contributed by atoms with Gasteiger partial charge in [0.05, 0.1) is 11.4 Å². The number of pyridine rings is 1. The molecule has 20 heavy (non-hydrogen) atoms. The third-order valence-corrected chi connectivity index (χ3v) is 6.27. The summed E-state index contributed by atoms with van der Waals surface area (Å²) in [6, 6.07) is 0.850. The summed E-state index contributed by atoms with van der Waals surface area (Å²) >= 11 is 0. The maximum absolute atomic E-state index is 13.1. The number of sulfonamides is 2. The van der Waals surface area contributed by atoms with E-state index in [2.05, 4.69) is 4.98 Å². The zero-order valence-corrected chi connectivity index (χ0v) is 12.1. The maximum atomic E-state index is 13.1. The fourth-order valence-electron chi connectivity index (χ4n) is 2.07. The van der Waals surface area contributed by atoms with Gasteiger partial charge < -0.3 is 0 Å². The number of primary sulfonamides is 1. The number of hydrogen-bond donors (Lipinski definition) is 1. The molecule has 2 rings (SSSR count). The van der Waals surface area contributed by atoms with Crippen molar-refractivity contribution in [3.8, 4) is 0 Å². The zero-order valence-electron chi connectivity index (χ0n) is 10.4. The Morgan fingerprint density at radius 3 is 2.60 bits per heavy atom. The van der Waals surface area contributed by atoms with E-state index >= 15 is 0 Å². The topological polar surface area (TPSA) is 110 Å². The molecule has 0 aliphatic carbocycles. The maximum Gasteiger partial charge on any atom is 0.244 e. The molecule has 1 fully saturated rings. The molecule has 1 saturated heterocycles. The van der Waals surface area contributed by atoms with Gasteiger partial charge in [0, 0.05) is 19.3 Å². The second-order valence-corrected chi connectivity index (χ2v) is 8.34. The van der Waals surface area contributed by atoms with Crippen molar-refractivity contribution in [1.29, 1.82) is 0 Å². The monoisotopic (exact) mass is 323 g/mol. The average molecular weight is 323 g/mol. The summed E-state index contributed by atoms with van der Waals surface area (Å²) in [4.78, 5) is 3.19. The Morgan fingerprint density at radius 2 is 2.00 bits per heavy atom. The molecule has 0 amide bonds. The van der Waals surface area contributed by atoms with Crippen LogP contribution in [0.2, 0.25) is 0 Å². The minimum atomic E-state index is -3.97. The number of aromatic nitrogens is 1. The van der Waals surface area contributed by atoms with E-state index in [1.807, 2.05) is 0 Å². The lowest BCUT2D eigenvalue weighted by molar-refractivity contribution is 0.345. The van der Waals surface area contributed by atoms with Gasteiger partial charge in [-0.05, 0) is 18.9 Å². The third kappa shape index (κ3) is 3.14. The largest absolute Gasteiger partial charge is 0.260 e. The van der Waals surface area contributed by atoms with Gasteiger partial charge in [0.2, 0.25) is 20.0 Å². The van der Waals surface area contributed by atoms with E-state index in [0.717, 1.165) is 22.8 Å². The predicted octanol–water partition coefficient (Wildman–Crippen LogP) is -0.338. The lowest BCUT2D eigenvalue weighted by Crippen LogP contribution is -2.46. The second-order valence-electron chi connectivity index (χ2n) is 4.56. The van der Waals surface area contributed by atoms with Crippen molar-refractivity contribution in [3.05, 3.63) is 24.3 Å². The molecule has 112 valence electrons. The third-order valence-electron chi connectivity index (χ3n) is 3.12. The van der Waals surface area contributed by atoms with Crippen LogP contribution in [-0.2, 0) is 20.0 Å². The van der Waals surface area contributed by atoms with Gasteiger partial charge in [-0.15, -0.1) is 0 Å². The molecule has 0 bridgehead atoms. The van der Waals surface area contributed by atoms with E-state index in [-0.39, 0.29) is 18.0 Å². The van der Waals surface area contributed by atoms with Crippen molar-refractivity contribution >= 4 is 20.0 Å². The van der Waals surface area contributed by atoms with E-state index in [1.165, 1.54) is 0 Å². The Morgan fingerprint density at radius 1 is 1.30 bits per heavy atom. The summed E-state index contributed by atoms with van der Waals surface area (Å²) in [7, 11) is -7.77. The van der Waals surface area contributed by atoms with Crippen LogP contribution < -0.4 is 5.14 Å². The van der Waals surface area contributed by atoms with E-state index in [4.69, 9.17) is 5.14 Å². The summed E-state index contributed by atoms with van der Waals surface area (Å²) in [5.74, 6) is -0.772. The van der Waals surface area contributed by atoms with Crippen molar-refractivity contribution in [1.82, 2.24) is 9.29 Å². The first-order chi connectivity index (χ1) is 9.21. The van der Waals surface area contributed by atoms with Gasteiger partial charge in [0.25, 0.3) is 0 Å². The minimum absolute atomic E-state index is 0.171. The molecule has 1 aromatic rings. The highest BCUT2D eigenvalue weighted by Crippen LogP contribution is 2.22. The molecule has 2 heterocycles. The van der Waals surface area contributed by atoms with Crippen LogP contribution in [0.25, 0.3) is 0 Å². The van der Waals surface area contributed by atoms with Crippen molar-refractivity contribution < 1.29 is 21.2 Å². The normalized spacial score (nSPS) is 21.8. The lowest BCUT2D eigenvalue weighted by atomic mass is 10.2. The number of halogens is 1. The SMILES string of the molecule is NS(=O)(=O)C1CCCN(S(=O)(=O)c2cncc(F)c2)C1. The molecule has 10 heteroatoms. The van der Waals surface area contributed by atoms with E-state index < -0.39 is 31.1 Å². The van der Waals surface area contributed by atoms with Gasteiger partial charge in [-0.3, -0.25) is 4.98 Å². The molecular formula is C10H14FN3O4S2. The Hall–Kier alpha value is -1.10. The van der Waals surface area contributed by atoms with Crippen LogP contribution >= 0.6 is 0 Å². The Bertz CT molecular complexity index is 705. The number of nitrogens with zero attached hydrogens (tertiary/aromatic N) is 2. The standard InChI is InChI=1S/C10H14FN3O4S2/c11-8-4-10(6-13-5-8)20(17,18)14-3-1-2-9(7-14)19(12,15)16/h4-6,9H,1-3,7H2,(H2,12,15,16). The summed E-state index contributed by atoms with van der Waals surface area (Å²) < 4.78 is 61.3. The van der Waals surface area contributed by atoms with Gasteiger partial charge in [0.1, 0.15) is 10.7 Å². The molecule has 0 aromatic carbocycles. The fourth-order valence-corrected chi connectivity index (χ4v) is 4.55. The van der Waals surface area contributed by atoms with Gasteiger partial charge >= 0.3 is 0 Å². The molecule has 0 saturated carbocycles. The molecule has 1 aromatic heterocycles. The van der Waals surface area contributed by atoms with Gasteiger partial charge in [-0.2, -0.15) is 4.31 Å². The van der Waals surface area contributed by atoms with Crippen LogP contribution in [-0.4, -0.2) is 44.5 Å². The molecular weight excluding hydrogens is 309 g/mol. The van der Waals surface area contributed by atoms with Crippen LogP contribution in [0.4, 0.5) is 4.39 Å². The van der Waals surface area contributed by atoms with Crippen molar-refractivity contribution in [2.45, 2.75) is 23.0 Å². The number of nitrogens with two attached hydrogens (primary N) is 1. The van der Waals surface area contributed by atoms with E-state index in [9.17, 15) is 21.2 Å². The summed E-state index contributed by atoms with van der Waals surface area (Å²) in [6.45, 7) is -0.0530. The van der Waals surface area contributed by atoms with Gasteiger partial charge in [-0.25, -0.2) is 26.4 Å². The van der Waals surface area contributed by atoms with Crippen LogP contribution in [0.15, 0.2) is 23.4 Å². The molecule has 0 spiro atoms. The van der Waals surface area contributed by atoms with Crippen LogP contribution in [0, 0.1) is 5.82 Å². The molecule has 1 aliphatic heterocycles. The van der Waals surface area contributed by atoms with Gasteiger partial charge in [-0.1, -0.05) is 0 Å². The van der Waals surface area contributed by atoms with Crippen molar-refractivity contribution in [3.63, 3.8) is 0 Å². The molecule has 1 unspecified atom stereocenters. The summed E-state index contributed by atoms with van der Waals surface area (Å²) in [5.41, 5.74) is 0. The highest BCUT2D eigenvalue weighted by molar-refractivity contribution is 7.90. The van der Waals surface area contributed by atoms with Crippen LogP contribution in [0.1, 0.15) is 12.8 Å². The van der Waals surface area contributed by atoms with Crippen molar-refractivity contribution in [2.75, 3.05) is 13.1 Å². The smallest absolute Gasteiger partial charge is 0.244 e. The van der Waals surface area contributed by atoms with Crippen molar-refractivity contribution in [2.24, 2.45) is 5.14 Å². The summed E-state index contributed by atoms with van der Waals surface area (Å²) in [6.07, 6.45) is 2.61. The first-order valence-corrected chi connectivity index (χ1v) is 8.88. The van der Waals surface area contributed by atoms with Crippen LogP contribution in [0.5, 0.6) is 0 Å². The highest BCUT2D eigenvalue weighted by atomic mass is 32.2. The van der Waals surface area contributed by atoms with Gasteiger partial charge in [0.15, 0.2) is 0 Å². The number of hydrogen-bond acceptors (Lipinski definition) is 5. The molecule has 7 nitrogen and oxygen atoms in total. The molecule has 1 atom stereocenters. The van der Waals surface area contributed by atoms with E-state index in [1.54, 1.807) is 0 Å². The molecule has 0 radical (unpaired) electrons. The minimum Gasteiger partial charge on any atom is -0.260 e. The summed E-state index contributed by atoms with van der Waals surface area (Å²) in [5, 5.41) is 4.12. The average Bonchev–Trinajstić information content (AvgIpc) is 2.38. The quantitative estimate of drug-likeness (QED) is 0.818. The predicted molar refractivity (Wildman–Crippen MR) is 69.1 cm³/mol. The van der Waals surface area contributed by atoms with E-state index in [0.29, 0.717) is 12.8 Å². The number of rotatable bonds is 3. The Kier molecular flexibility index (Phi) is 4.09. The lowest BCUT2D eigenvalue weighted by Gasteiger charge is -2.30. The second kappa shape index (κ2) is 5.35. The Labute approximate surface area is 116 Å². The highest BCUT2D eigenvalue weighted by Gasteiger charge is 2.35. The Balaban J connectivity index is 2.30. The molecule has 2 N–H and O–H groups in total.